The molecule has 1 aromatic heterocycles. The van der Waals surface area contributed by atoms with E-state index in [0.717, 1.165) is 6.42 Å². The van der Waals surface area contributed by atoms with Crippen molar-refractivity contribution in [2.45, 2.75) is 34.1 Å². The molecule has 3 rings (SSSR count). The lowest BCUT2D eigenvalue weighted by molar-refractivity contribution is -0.633. The number of pyridine rings is 1. The predicted octanol–water partition coefficient (Wildman–Crippen LogP) is 5.23. The van der Waals surface area contributed by atoms with Crippen LogP contribution in [-0.2, 0) is 13.5 Å². The molecule has 0 aliphatic heterocycles. The van der Waals surface area contributed by atoms with Crippen LogP contribution < -0.4 is 4.57 Å². The first kappa shape index (κ1) is 15.7. The smallest absolute Gasteiger partial charge is 0.194 e. The molecule has 0 radical (unpaired) electrons. The molecule has 0 aliphatic rings. The Bertz CT molecular complexity index is 853. The van der Waals surface area contributed by atoms with E-state index in [9.17, 15) is 0 Å². The third-order valence-electron chi connectivity index (χ3n) is 4.39. The number of aromatic nitrogens is 1. The summed E-state index contributed by atoms with van der Waals surface area (Å²) in [6.45, 7) is 9.05. The number of hydrogen-bond donors (Lipinski definition) is 0. The summed E-state index contributed by atoms with van der Waals surface area (Å²) in [6, 6.07) is 19.9. The van der Waals surface area contributed by atoms with Gasteiger partial charge in [-0.05, 0) is 48.1 Å². The van der Waals surface area contributed by atoms with Gasteiger partial charge in [-0.1, -0.05) is 45.0 Å². The quantitative estimate of drug-likeness (QED) is 0.571. The van der Waals surface area contributed by atoms with Crippen LogP contribution in [0.15, 0.2) is 54.6 Å². The third kappa shape index (κ3) is 3.29. The Hall–Kier alpha value is -2.15. The van der Waals surface area contributed by atoms with Crippen molar-refractivity contribution in [3.8, 4) is 11.3 Å². The van der Waals surface area contributed by atoms with Gasteiger partial charge in [0.15, 0.2) is 0 Å². The van der Waals surface area contributed by atoms with E-state index in [2.05, 4.69) is 93.9 Å². The number of nitrogens with zero attached hydrogens (tertiary/aromatic N) is 1. The molecule has 1 nitrogen and oxygen atoms in total. The summed E-state index contributed by atoms with van der Waals surface area (Å²) in [6.07, 6.45) is 1.09. The van der Waals surface area contributed by atoms with E-state index in [1.165, 1.54) is 33.3 Å². The van der Waals surface area contributed by atoms with E-state index in [1.54, 1.807) is 0 Å². The summed E-state index contributed by atoms with van der Waals surface area (Å²) in [4.78, 5) is 0. The molecule has 1 heterocycles. The number of fused-ring (bicyclic) bond motifs is 1. The van der Waals surface area contributed by atoms with Gasteiger partial charge in [0, 0.05) is 23.1 Å². The van der Waals surface area contributed by atoms with E-state index in [4.69, 9.17) is 0 Å². The second kappa shape index (κ2) is 5.81. The van der Waals surface area contributed by atoms with Crippen LogP contribution in [0.3, 0.4) is 0 Å². The van der Waals surface area contributed by atoms with Crippen molar-refractivity contribution in [3.63, 3.8) is 0 Å². The summed E-state index contributed by atoms with van der Waals surface area (Å²) in [5.74, 6) is 0. The molecule has 0 unspecified atom stereocenters. The Labute approximate surface area is 139 Å². The Morgan fingerprint density at radius 2 is 1.61 bits per heavy atom. The highest BCUT2D eigenvalue weighted by Crippen LogP contribution is 2.25. The van der Waals surface area contributed by atoms with Crippen molar-refractivity contribution in [2.75, 3.05) is 0 Å². The van der Waals surface area contributed by atoms with Crippen molar-refractivity contribution in [1.82, 2.24) is 0 Å². The zero-order chi connectivity index (χ0) is 16.6. The molecule has 0 aliphatic carbocycles. The summed E-state index contributed by atoms with van der Waals surface area (Å²) < 4.78 is 2.32. The number of rotatable bonds is 2. The van der Waals surface area contributed by atoms with Gasteiger partial charge < -0.3 is 0 Å². The second-order valence-electron chi connectivity index (χ2n) is 7.72. The SMILES string of the molecule is Cc1ccccc1-c1ccc2ccc(CC(C)(C)C)cc2[n+]1C. The molecular formula is C22H26N+. The molecule has 0 N–H and O–H groups in total. The Balaban J connectivity index is 2.16. The first-order valence-electron chi connectivity index (χ1n) is 8.33. The van der Waals surface area contributed by atoms with E-state index >= 15 is 0 Å². The highest BCUT2D eigenvalue weighted by atomic mass is 14.9. The highest BCUT2D eigenvalue weighted by Gasteiger charge is 2.17. The van der Waals surface area contributed by atoms with Gasteiger partial charge in [0.25, 0.3) is 0 Å². The lowest BCUT2D eigenvalue weighted by Gasteiger charge is -2.18. The molecule has 23 heavy (non-hydrogen) atoms. The van der Waals surface area contributed by atoms with Gasteiger partial charge in [-0.3, -0.25) is 0 Å². The van der Waals surface area contributed by atoms with Gasteiger partial charge in [-0.2, -0.15) is 4.57 Å². The van der Waals surface area contributed by atoms with Gasteiger partial charge in [0.2, 0.25) is 11.2 Å². The van der Waals surface area contributed by atoms with Crippen LogP contribution >= 0.6 is 0 Å². The average Bonchev–Trinajstić information content (AvgIpc) is 2.48. The van der Waals surface area contributed by atoms with Crippen molar-refractivity contribution in [2.24, 2.45) is 12.5 Å². The van der Waals surface area contributed by atoms with Crippen molar-refractivity contribution >= 4 is 10.9 Å². The fraction of sp³-hybridized carbons (Fsp3) is 0.318. The standard InChI is InChI=1S/C22H26N/c1-16-8-6-7-9-19(16)20-13-12-18-11-10-17(15-22(2,3)4)14-21(18)23(20)5/h6-14H,15H2,1-5H3/q+1. The summed E-state index contributed by atoms with van der Waals surface area (Å²) in [5.41, 5.74) is 6.89. The fourth-order valence-corrected chi connectivity index (χ4v) is 3.28. The molecular weight excluding hydrogens is 278 g/mol. The molecule has 3 aromatic rings. The molecule has 0 spiro atoms. The fourth-order valence-electron chi connectivity index (χ4n) is 3.28. The minimum absolute atomic E-state index is 0.305. The van der Waals surface area contributed by atoms with Crippen molar-refractivity contribution in [3.05, 3.63) is 65.7 Å². The zero-order valence-electron chi connectivity index (χ0n) is 14.9. The summed E-state index contributed by atoms with van der Waals surface area (Å²) in [7, 11) is 2.17. The minimum atomic E-state index is 0.305. The van der Waals surface area contributed by atoms with Gasteiger partial charge in [-0.25, -0.2) is 0 Å². The van der Waals surface area contributed by atoms with Crippen LogP contribution in [0.2, 0.25) is 0 Å². The van der Waals surface area contributed by atoms with Gasteiger partial charge in [-0.15, -0.1) is 0 Å². The summed E-state index contributed by atoms with van der Waals surface area (Å²) in [5, 5.41) is 1.29. The molecule has 118 valence electrons. The lowest BCUT2D eigenvalue weighted by atomic mass is 9.88. The van der Waals surface area contributed by atoms with Gasteiger partial charge >= 0.3 is 0 Å². The molecule has 2 aromatic carbocycles. The Morgan fingerprint density at radius 3 is 2.30 bits per heavy atom. The normalized spacial score (nSPS) is 11.9. The molecule has 0 saturated heterocycles. The molecule has 0 fully saturated rings. The molecule has 0 atom stereocenters. The maximum absolute atomic E-state index is 2.35. The first-order valence-corrected chi connectivity index (χ1v) is 8.33. The average molecular weight is 304 g/mol. The minimum Gasteiger partial charge on any atom is -0.194 e. The number of hydrogen-bond acceptors (Lipinski definition) is 0. The van der Waals surface area contributed by atoms with Crippen LogP contribution in [0.25, 0.3) is 22.2 Å². The van der Waals surface area contributed by atoms with Crippen LogP contribution in [0.5, 0.6) is 0 Å². The number of benzene rings is 2. The summed E-state index contributed by atoms with van der Waals surface area (Å²) >= 11 is 0. The maximum atomic E-state index is 2.35. The zero-order valence-corrected chi connectivity index (χ0v) is 14.9. The Morgan fingerprint density at radius 1 is 0.913 bits per heavy atom. The van der Waals surface area contributed by atoms with Gasteiger partial charge in [0.05, 0.1) is 0 Å². The largest absolute Gasteiger partial charge is 0.213 e. The van der Waals surface area contributed by atoms with Crippen LogP contribution in [-0.4, -0.2) is 0 Å². The van der Waals surface area contributed by atoms with Crippen molar-refractivity contribution in [1.29, 1.82) is 0 Å². The van der Waals surface area contributed by atoms with Crippen LogP contribution in [0.4, 0.5) is 0 Å². The molecule has 0 saturated carbocycles. The number of aryl methyl sites for hydroxylation is 2. The molecule has 1 heteroatoms. The van der Waals surface area contributed by atoms with E-state index < -0.39 is 0 Å². The van der Waals surface area contributed by atoms with Crippen LogP contribution in [0.1, 0.15) is 31.9 Å². The lowest BCUT2D eigenvalue weighted by Crippen LogP contribution is -2.32. The van der Waals surface area contributed by atoms with Gasteiger partial charge in [0.1, 0.15) is 7.05 Å². The third-order valence-corrected chi connectivity index (χ3v) is 4.39. The van der Waals surface area contributed by atoms with Crippen LogP contribution in [0, 0.1) is 12.3 Å². The van der Waals surface area contributed by atoms with E-state index in [1.807, 2.05) is 0 Å². The Kier molecular flexibility index (Phi) is 3.97. The monoisotopic (exact) mass is 304 g/mol. The highest BCUT2D eigenvalue weighted by molar-refractivity contribution is 5.78. The van der Waals surface area contributed by atoms with E-state index in [-0.39, 0.29) is 0 Å². The second-order valence-corrected chi connectivity index (χ2v) is 7.72. The topological polar surface area (TPSA) is 3.88 Å². The first-order chi connectivity index (χ1) is 10.8. The maximum Gasteiger partial charge on any atom is 0.213 e. The molecule has 0 bridgehead atoms. The predicted molar refractivity (Wildman–Crippen MR) is 98.5 cm³/mol. The molecule has 0 amide bonds. The van der Waals surface area contributed by atoms with E-state index in [0.29, 0.717) is 5.41 Å². The van der Waals surface area contributed by atoms with Crippen molar-refractivity contribution < 1.29 is 4.57 Å².